The second-order valence-electron chi connectivity index (χ2n) is 5.14. The van der Waals surface area contributed by atoms with E-state index in [4.69, 9.17) is 0 Å². The molecule has 1 N–H and O–H groups in total. The maximum absolute atomic E-state index is 4.31. The molecule has 1 fully saturated rings. The zero-order valence-corrected chi connectivity index (χ0v) is 12.0. The standard InChI is InChI=1S/C14H25N5/c1-3-13(2)15-7-8-18-9-11-19(12-10-18)14-16-5-4-6-17-14/h4-6,13,15H,3,7-12H2,1-2H3. The minimum absolute atomic E-state index is 0.624. The SMILES string of the molecule is CCC(C)NCCN1CCN(c2ncccn2)CC1. The van der Waals surface area contributed by atoms with Crippen LogP contribution in [0.5, 0.6) is 0 Å². The molecule has 2 heterocycles. The van der Waals surface area contributed by atoms with Crippen molar-refractivity contribution in [3.8, 4) is 0 Å². The maximum Gasteiger partial charge on any atom is 0.225 e. The van der Waals surface area contributed by atoms with Crippen molar-refractivity contribution in [1.82, 2.24) is 20.2 Å². The third-order valence-corrected chi connectivity index (χ3v) is 3.74. The van der Waals surface area contributed by atoms with Crippen LogP contribution in [0.3, 0.4) is 0 Å². The second-order valence-corrected chi connectivity index (χ2v) is 5.14. The first-order valence-corrected chi connectivity index (χ1v) is 7.27. The number of hydrogen-bond acceptors (Lipinski definition) is 5. The van der Waals surface area contributed by atoms with E-state index in [0.717, 1.165) is 45.2 Å². The lowest BCUT2D eigenvalue weighted by molar-refractivity contribution is 0.253. The molecule has 0 bridgehead atoms. The monoisotopic (exact) mass is 263 g/mol. The quantitative estimate of drug-likeness (QED) is 0.829. The predicted molar refractivity (Wildman–Crippen MR) is 78.4 cm³/mol. The van der Waals surface area contributed by atoms with Crippen LogP contribution >= 0.6 is 0 Å². The Morgan fingerprint density at radius 3 is 2.53 bits per heavy atom. The van der Waals surface area contributed by atoms with Gasteiger partial charge in [-0.1, -0.05) is 6.92 Å². The fourth-order valence-electron chi connectivity index (χ4n) is 2.24. The molecule has 0 aliphatic carbocycles. The van der Waals surface area contributed by atoms with Crippen molar-refractivity contribution >= 4 is 5.95 Å². The van der Waals surface area contributed by atoms with Crippen LogP contribution in [0.25, 0.3) is 0 Å². The molecule has 1 aliphatic rings. The molecule has 1 aromatic heterocycles. The minimum Gasteiger partial charge on any atom is -0.338 e. The van der Waals surface area contributed by atoms with Gasteiger partial charge in [-0.2, -0.15) is 0 Å². The van der Waals surface area contributed by atoms with Gasteiger partial charge < -0.3 is 10.2 Å². The van der Waals surface area contributed by atoms with E-state index >= 15 is 0 Å². The number of aromatic nitrogens is 2. The van der Waals surface area contributed by atoms with Crippen LogP contribution in [-0.2, 0) is 0 Å². The lowest BCUT2D eigenvalue weighted by atomic mass is 10.2. The summed E-state index contributed by atoms with van der Waals surface area (Å²) in [5, 5.41) is 3.54. The second kappa shape index (κ2) is 7.40. The zero-order valence-electron chi connectivity index (χ0n) is 12.0. The Hall–Kier alpha value is -1.20. The largest absolute Gasteiger partial charge is 0.338 e. The molecule has 1 aromatic rings. The van der Waals surface area contributed by atoms with Gasteiger partial charge in [0, 0.05) is 57.7 Å². The van der Waals surface area contributed by atoms with E-state index in [-0.39, 0.29) is 0 Å². The molecule has 5 heteroatoms. The van der Waals surface area contributed by atoms with Crippen LogP contribution in [0.15, 0.2) is 18.5 Å². The van der Waals surface area contributed by atoms with E-state index in [2.05, 4.69) is 38.9 Å². The van der Waals surface area contributed by atoms with Crippen LogP contribution in [0, 0.1) is 0 Å². The van der Waals surface area contributed by atoms with E-state index in [0.29, 0.717) is 6.04 Å². The van der Waals surface area contributed by atoms with Crippen molar-refractivity contribution in [2.75, 3.05) is 44.2 Å². The number of anilines is 1. The summed E-state index contributed by atoms with van der Waals surface area (Å²) in [7, 11) is 0. The lowest BCUT2D eigenvalue weighted by Gasteiger charge is -2.34. The van der Waals surface area contributed by atoms with Crippen molar-refractivity contribution in [1.29, 1.82) is 0 Å². The van der Waals surface area contributed by atoms with Crippen molar-refractivity contribution in [3.05, 3.63) is 18.5 Å². The number of rotatable bonds is 6. The number of nitrogens with zero attached hydrogens (tertiary/aromatic N) is 4. The van der Waals surface area contributed by atoms with Gasteiger partial charge in [-0.15, -0.1) is 0 Å². The topological polar surface area (TPSA) is 44.3 Å². The summed E-state index contributed by atoms with van der Waals surface area (Å²) in [6.45, 7) is 10.9. The molecule has 106 valence electrons. The van der Waals surface area contributed by atoms with Gasteiger partial charge in [0.1, 0.15) is 0 Å². The Labute approximate surface area is 116 Å². The Balaban J connectivity index is 1.68. The summed E-state index contributed by atoms with van der Waals surface area (Å²) in [4.78, 5) is 13.4. The Bertz CT molecular complexity index is 348. The van der Waals surface area contributed by atoms with Gasteiger partial charge in [-0.25, -0.2) is 9.97 Å². The zero-order chi connectivity index (χ0) is 13.5. The van der Waals surface area contributed by atoms with Gasteiger partial charge in [-0.05, 0) is 19.4 Å². The Morgan fingerprint density at radius 2 is 1.89 bits per heavy atom. The average molecular weight is 263 g/mol. The summed E-state index contributed by atoms with van der Waals surface area (Å²) in [6.07, 6.45) is 4.81. The van der Waals surface area contributed by atoms with Crippen molar-refractivity contribution in [3.63, 3.8) is 0 Å². The fourth-order valence-corrected chi connectivity index (χ4v) is 2.24. The fraction of sp³-hybridized carbons (Fsp3) is 0.714. The first-order chi connectivity index (χ1) is 9.29. The molecule has 19 heavy (non-hydrogen) atoms. The average Bonchev–Trinajstić information content (AvgIpc) is 2.48. The van der Waals surface area contributed by atoms with Crippen LogP contribution in [0.4, 0.5) is 5.95 Å². The van der Waals surface area contributed by atoms with E-state index in [9.17, 15) is 0 Å². The maximum atomic E-state index is 4.31. The summed E-state index contributed by atoms with van der Waals surface area (Å²) in [6, 6.07) is 2.49. The summed E-state index contributed by atoms with van der Waals surface area (Å²) >= 11 is 0. The van der Waals surface area contributed by atoms with E-state index in [1.165, 1.54) is 6.42 Å². The molecular weight excluding hydrogens is 238 g/mol. The molecule has 0 spiro atoms. The molecule has 1 aliphatic heterocycles. The van der Waals surface area contributed by atoms with Gasteiger partial charge in [-0.3, -0.25) is 4.90 Å². The number of piperazine rings is 1. The van der Waals surface area contributed by atoms with Crippen LogP contribution in [0.1, 0.15) is 20.3 Å². The third kappa shape index (κ3) is 4.44. The van der Waals surface area contributed by atoms with E-state index < -0.39 is 0 Å². The van der Waals surface area contributed by atoms with Crippen LogP contribution in [-0.4, -0.2) is 60.2 Å². The highest BCUT2D eigenvalue weighted by Crippen LogP contribution is 2.09. The molecule has 2 rings (SSSR count). The summed E-state index contributed by atoms with van der Waals surface area (Å²) in [5.74, 6) is 0.861. The summed E-state index contributed by atoms with van der Waals surface area (Å²) in [5.41, 5.74) is 0. The number of nitrogens with one attached hydrogen (secondary N) is 1. The molecule has 1 unspecified atom stereocenters. The first-order valence-electron chi connectivity index (χ1n) is 7.27. The van der Waals surface area contributed by atoms with Gasteiger partial charge in [0.15, 0.2) is 0 Å². The van der Waals surface area contributed by atoms with Crippen LogP contribution < -0.4 is 10.2 Å². The summed E-state index contributed by atoms with van der Waals surface area (Å²) < 4.78 is 0. The Morgan fingerprint density at radius 1 is 1.21 bits per heavy atom. The molecule has 0 aromatic carbocycles. The lowest BCUT2D eigenvalue weighted by Crippen LogP contribution is -2.49. The number of hydrogen-bond donors (Lipinski definition) is 1. The van der Waals surface area contributed by atoms with Crippen molar-refractivity contribution < 1.29 is 0 Å². The highest BCUT2D eigenvalue weighted by molar-refractivity contribution is 5.29. The van der Waals surface area contributed by atoms with Gasteiger partial charge >= 0.3 is 0 Å². The van der Waals surface area contributed by atoms with Gasteiger partial charge in [0.2, 0.25) is 5.95 Å². The molecule has 0 saturated carbocycles. The first kappa shape index (κ1) is 14.2. The van der Waals surface area contributed by atoms with Gasteiger partial charge in [0.05, 0.1) is 0 Å². The highest BCUT2D eigenvalue weighted by atomic mass is 15.3. The highest BCUT2D eigenvalue weighted by Gasteiger charge is 2.18. The molecule has 1 saturated heterocycles. The minimum atomic E-state index is 0.624. The smallest absolute Gasteiger partial charge is 0.225 e. The third-order valence-electron chi connectivity index (χ3n) is 3.74. The van der Waals surface area contributed by atoms with E-state index in [1.807, 2.05) is 18.5 Å². The van der Waals surface area contributed by atoms with E-state index in [1.54, 1.807) is 0 Å². The Kier molecular flexibility index (Phi) is 5.54. The van der Waals surface area contributed by atoms with Crippen molar-refractivity contribution in [2.24, 2.45) is 0 Å². The normalized spacial score (nSPS) is 18.5. The molecule has 0 radical (unpaired) electrons. The molecule has 0 amide bonds. The van der Waals surface area contributed by atoms with Gasteiger partial charge in [0.25, 0.3) is 0 Å². The van der Waals surface area contributed by atoms with Crippen LogP contribution in [0.2, 0.25) is 0 Å². The molecule has 5 nitrogen and oxygen atoms in total. The molecular formula is C14H25N5. The predicted octanol–water partition coefficient (Wildman–Crippen LogP) is 0.987. The van der Waals surface area contributed by atoms with Crippen molar-refractivity contribution in [2.45, 2.75) is 26.3 Å². The molecule has 1 atom stereocenters.